The van der Waals surface area contributed by atoms with E-state index in [2.05, 4.69) is 4.98 Å². The number of benzene rings is 1. The number of nitrogens with zero attached hydrogens (tertiary/aromatic N) is 4. The molecule has 0 aliphatic carbocycles. The van der Waals surface area contributed by atoms with E-state index in [1.807, 2.05) is 0 Å². The molecule has 0 saturated carbocycles. The van der Waals surface area contributed by atoms with Crippen molar-refractivity contribution in [2.75, 3.05) is 33.2 Å². The van der Waals surface area contributed by atoms with Gasteiger partial charge in [0, 0.05) is 57.2 Å². The van der Waals surface area contributed by atoms with Crippen LogP contribution in [0.25, 0.3) is 0 Å². The lowest BCUT2D eigenvalue weighted by Gasteiger charge is -2.34. The highest BCUT2D eigenvalue weighted by atomic mass is 32.2. The summed E-state index contributed by atoms with van der Waals surface area (Å²) in [6.45, 7) is 4.40. The van der Waals surface area contributed by atoms with Crippen LogP contribution in [0.1, 0.15) is 24.2 Å². The lowest BCUT2D eigenvalue weighted by Crippen LogP contribution is -2.50. The number of carbonyl (C=O) groups is 1. The van der Waals surface area contributed by atoms with Gasteiger partial charge in [0.25, 0.3) is 5.91 Å². The Morgan fingerprint density at radius 1 is 0.968 bits per heavy atom. The Morgan fingerprint density at radius 2 is 1.58 bits per heavy atom. The average Bonchev–Trinajstić information content (AvgIpc) is 2.78. The van der Waals surface area contributed by atoms with Crippen LogP contribution in [0.2, 0.25) is 0 Å². The summed E-state index contributed by atoms with van der Waals surface area (Å²) in [5, 5.41) is 0. The van der Waals surface area contributed by atoms with Crippen molar-refractivity contribution in [3.63, 3.8) is 0 Å². The standard InChI is InChI=1S/C20H26N4O5S2/c1-16(2)22(3)30(26,27)18-8-6-17(7-9-18)20(25)23-11-13-24(14-12-23)31(28,29)19-5-4-10-21-15-19/h4-10,15-16H,11-14H2,1-3H3. The third-order valence-corrected chi connectivity index (χ3v) is 9.23. The van der Waals surface area contributed by atoms with E-state index < -0.39 is 20.0 Å². The van der Waals surface area contributed by atoms with E-state index in [0.29, 0.717) is 5.56 Å². The van der Waals surface area contributed by atoms with E-state index in [9.17, 15) is 21.6 Å². The maximum atomic E-state index is 12.8. The molecular weight excluding hydrogens is 440 g/mol. The lowest BCUT2D eigenvalue weighted by molar-refractivity contribution is 0.0697. The average molecular weight is 467 g/mol. The molecule has 0 radical (unpaired) electrons. The van der Waals surface area contributed by atoms with Crippen molar-refractivity contribution >= 4 is 26.0 Å². The van der Waals surface area contributed by atoms with Crippen LogP contribution in [0.3, 0.4) is 0 Å². The molecule has 1 aliphatic rings. The molecule has 0 N–H and O–H groups in total. The van der Waals surface area contributed by atoms with Crippen molar-refractivity contribution in [2.24, 2.45) is 0 Å². The molecule has 1 aromatic heterocycles. The SMILES string of the molecule is CC(C)N(C)S(=O)(=O)c1ccc(C(=O)N2CCN(S(=O)(=O)c3cccnc3)CC2)cc1. The van der Waals surface area contributed by atoms with Crippen LogP contribution in [0, 0.1) is 0 Å². The van der Waals surface area contributed by atoms with Gasteiger partial charge in [0.2, 0.25) is 20.0 Å². The zero-order valence-corrected chi connectivity index (χ0v) is 19.3. The molecule has 1 aromatic carbocycles. The smallest absolute Gasteiger partial charge is 0.253 e. The first-order valence-corrected chi connectivity index (χ1v) is 12.7. The van der Waals surface area contributed by atoms with Crippen LogP contribution < -0.4 is 0 Å². The van der Waals surface area contributed by atoms with Crippen LogP contribution in [-0.2, 0) is 20.0 Å². The van der Waals surface area contributed by atoms with Gasteiger partial charge >= 0.3 is 0 Å². The fourth-order valence-electron chi connectivity index (χ4n) is 3.18. The fourth-order valence-corrected chi connectivity index (χ4v) is 5.93. The molecular formula is C20H26N4O5S2. The first-order valence-electron chi connectivity index (χ1n) is 9.82. The summed E-state index contributed by atoms with van der Waals surface area (Å²) in [6, 6.07) is 8.69. The third-order valence-electron chi connectivity index (χ3n) is 5.30. The van der Waals surface area contributed by atoms with Crippen molar-refractivity contribution in [3.8, 4) is 0 Å². The second kappa shape index (κ2) is 9.03. The summed E-state index contributed by atoms with van der Waals surface area (Å²) < 4.78 is 53.1. The van der Waals surface area contributed by atoms with Gasteiger partial charge in [-0.05, 0) is 50.2 Å². The monoisotopic (exact) mass is 466 g/mol. The van der Waals surface area contributed by atoms with Gasteiger partial charge in [0.15, 0.2) is 0 Å². The molecule has 168 valence electrons. The van der Waals surface area contributed by atoms with Gasteiger partial charge < -0.3 is 4.90 Å². The zero-order valence-electron chi connectivity index (χ0n) is 17.7. The van der Waals surface area contributed by atoms with Crippen LogP contribution in [0.5, 0.6) is 0 Å². The summed E-state index contributed by atoms with van der Waals surface area (Å²) in [6.07, 6.45) is 2.81. The summed E-state index contributed by atoms with van der Waals surface area (Å²) in [5.41, 5.74) is 0.356. The molecule has 2 aromatic rings. The maximum Gasteiger partial charge on any atom is 0.253 e. The van der Waals surface area contributed by atoms with Gasteiger partial charge in [0.1, 0.15) is 4.90 Å². The number of aromatic nitrogens is 1. The van der Waals surface area contributed by atoms with Crippen LogP contribution in [0.15, 0.2) is 58.6 Å². The van der Waals surface area contributed by atoms with Gasteiger partial charge in [-0.25, -0.2) is 16.8 Å². The largest absolute Gasteiger partial charge is 0.336 e. The lowest BCUT2D eigenvalue weighted by atomic mass is 10.2. The van der Waals surface area contributed by atoms with Crippen LogP contribution in [0.4, 0.5) is 0 Å². The molecule has 11 heteroatoms. The normalized spacial score (nSPS) is 16.1. The Morgan fingerprint density at radius 3 is 2.10 bits per heavy atom. The van der Waals surface area contributed by atoms with Gasteiger partial charge in [-0.2, -0.15) is 8.61 Å². The summed E-state index contributed by atoms with van der Waals surface area (Å²) in [4.78, 5) is 18.5. The second-order valence-corrected chi connectivity index (χ2v) is 11.5. The Hall–Kier alpha value is -2.34. The second-order valence-electron chi connectivity index (χ2n) is 7.52. The Kier molecular flexibility index (Phi) is 6.79. The summed E-state index contributed by atoms with van der Waals surface area (Å²) in [5.74, 6) is -0.264. The quantitative estimate of drug-likeness (QED) is 0.634. The zero-order chi connectivity index (χ0) is 22.8. The highest BCUT2D eigenvalue weighted by Gasteiger charge is 2.31. The molecule has 0 unspecified atom stereocenters. The third kappa shape index (κ3) is 4.79. The first kappa shape index (κ1) is 23.3. The van der Waals surface area contributed by atoms with Crippen LogP contribution in [-0.4, -0.2) is 80.5 Å². The number of hydrogen-bond donors (Lipinski definition) is 0. The molecule has 1 aliphatic heterocycles. The van der Waals surface area contributed by atoms with Crippen molar-refractivity contribution in [2.45, 2.75) is 29.7 Å². The minimum atomic E-state index is -3.65. The number of carbonyl (C=O) groups excluding carboxylic acids is 1. The maximum absolute atomic E-state index is 12.8. The van der Waals surface area contributed by atoms with Gasteiger partial charge in [-0.15, -0.1) is 0 Å². The molecule has 1 amide bonds. The number of amides is 1. The molecule has 0 atom stereocenters. The van der Waals surface area contributed by atoms with Crippen LogP contribution >= 0.6 is 0 Å². The van der Waals surface area contributed by atoms with E-state index >= 15 is 0 Å². The number of sulfonamides is 2. The topological polar surface area (TPSA) is 108 Å². The van der Waals surface area contributed by atoms with Crippen molar-refractivity contribution < 1.29 is 21.6 Å². The minimum absolute atomic E-state index is 0.118. The van der Waals surface area contributed by atoms with Gasteiger partial charge in [0.05, 0.1) is 4.90 Å². The predicted molar refractivity (Wildman–Crippen MR) is 115 cm³/mol. The van der Waals surface area contributed by atoms with Gasteiger partial charge in [-0.1, -0.05) is 0 Å². The molecule has 2 heterocycles. The minimum Gasteiger partial charge on any atom is -0.336 e. The highest BCUT2D eigenvalue weighted by molar-refractivity contribution is 7.89. The van der Waals surface area contributed by atoms with E-state index in [1.165, 1.54) is 58.4 Å². The van der Waals surface area contributed by atoms with E-state index in [4.69, 9.17) is 0 Å². The molecule has 1 fully saturated rings. The molecule has 0 spiro atoms. The van der Waals surface area contributed by atoms with Crippen molar-refractivity contribution in [1.29, 1.82) is 0 Å². The summed E-state index contributed by atoms with van der Waals surface area (Å²) >= 11 is 0. The highest BCUT2D eigenvalue weighted by Crippen LogP contribution is 2.20. The summed E-state index contributed by atoms with van der Waals surface area (Å²) in [7, 11) is -5.77. The van der Waals surface area contributed by atoms with Crippen molar-refractivity contribution in [3.05, 3.63) is 54.4 Å². The van der Waals surface area contributed by atoms with Crippen molar-refractivity contribution in [1.82, 2.24) is 18.5 Å². The Labute approximate surface area is 183 Å². The first-order chi connectivity index (χ1) is 14.5. The van der Waals surface area contributed by atoms with E-state index in [0.717, 1.165) is 0 Å². The van der Waals surface area contributed by atoms with E-state index in [-0.39, 0.29) is 47.9 Å². The molecule has 31 heavy (non-hydrogen) atoms. The number of hydrogen-bond acceptors (Lipinski definition) is 6. The predicted octanol–water partition coefficient (Wildman–Crippen LogP) is 1.26. The number of piperazine rings is 1. The van der Waals surface area contributed by atoms with Gasteiger partial charge in [-0.3, -0.25) is 9.78 Å². The molecule has 1 saturated heterocycles. The number of rotatable bonds is 6. The molecule has 3 rings (SSSR count). The fraction of sp³-hybridized carbons (Fsp3) is 0.400. The van der Waals surface area contributed by atoms with E-state index in [1.54, 1.807) is 24.8 Å². The Balaban J connectivity index is 1.67. The Bertz CT molecular complexity index is 1130. The number of pyridine rings is 1. The molecule has 0 bridgehead atoms. The molecule has 9 nitrogen and oxygen atoms in total.